The maximum atomic E-state index is 13.5. The standard InChI is InChI=1S/C28H29N5O2S/c1-20-9-8-14-29-25(20)33-27(35)23-12-6-7-13-24(23)30-28(33)36-21(2)26(34)32-17-15-31(16-18-32)19-22-10-4-3-5-11-22/h3-14,21H,15-19H2,1-2H3. The Morgan fingerprint density at radius 1 is 0.972 bits per heavy atom. The average Bonchev–Trinajstić information content (AvgIpc) is 2.90. The third-order valence-corrected chi connectivity index (χ3v) is 7.54. The van der Waals surface area contributed by atoms with Crippen LogP contribution < -0.4 is 5.56 Å². The number of aryl methyl sites for hydroxylation is 1. The largest absolute Gasteiger partial charge is 0.339 e. The summed E-state index contributed by atoms with van der Waals surface area (Å²) in [7, 11) is 0. The smallest absolute Gasteiger partial charge is 0.267 e. The van der Waals surface area contributed by atoms with Gasteiger partial charge < -0.3 is 4.90 Å². The second kappa shape index (κ2) is 10.6. The first-order valence-electron chi connectivity index (χ1n) is 12.2. The van der Waals surface area contributed by atoms with E-state index in [4.69, 9.17) is 4.98 Å². The number of benzene rings is 2. The molecule has 7 nitrogen and oxygen atoms in total. The van der Waals surface area contributed by atoms with Crippen LogP contribution in [-0.2, 0) is 11.3 Å². The number of amides is 1. The van der Waals surface area contributed by atoms with Crippen LogP contribution in [0.4, 0.5) is 0 Å². The molecule has 1 saturated heterocycles. The van der Waals surface area contributed by atoms with Gasteiger partial charge in [0.05, 0.1) is 16.2 Å². The molecule has 5 rings (SSSR count). The lowest BCUT2D eigenvalue weighted by Gasteiger charge is -2.35. The fraction of sp³-hybridized carbons (Fsp3) is 0.286. The van der Waals surface area contributed by atoms with E-state index < -0.39 is 5.25 Å². The second-order valence-electron chi connectivity index (χ2n) is 9.04. The third-order valence-electron chi connectivity index (χ3n) is 6.50. The van der Waals surface area contributed by atoms with Gasteiger partial charge in [-0.05, 0) is 43.2 Å². The maximum absolute atomic E-state index is 13.5. The number of rotatable bonds is 6. The number of nitrogens with zero attached hydrogens (tertiary/aromatic N) is 5. The highest BCUT2D eigenvalue weighted by Crippen LogP contribution is 2.27. The molecular weight excluding hydrogens is 470 g/mol. The molecule has 0 N–H and O–H groups in total. The molecule has 8 heteroatoms. The van der Waals surface area contributed by atoms with Crippen molar-refractivity contribution in [1.82, 2.24) is 24.3 Å². The highest BCUT2D eigenvalue weighted by Gasteiger charge is 2.27. The molecular formula is C28H29N5O2S. The van der Waals surface area contributed by atoms with E-state index in [1.54, 1.807) is 16.8 Å². The predicted octanol–water partition coefficient (Wildman–Crippen LogP) is 3.91. The minimum Gasteiger partial charge on any atom is -0.339 e. The van der Waals surface area contributed by atoms with Gasteiger partial charge in [0, 0.05) is 38.9 Å². The molecule has 3 heterocycles. The number of thioether (sulfide) groups is 1. The molecule has 0 aliphatic carbocycles. The highest BCUT2D eigenvalue weighted by molar-refractivity contribution is 8.00. The third kappa shape index (κ3) is 5.05. The fourth-order valence-electron chi connectivity index (χ4n) is 4.52. The summed E-state index contributed by atoms with van der Waals surface area (Å²) in [5.41, 5.74) is 2.58. The van der Waals surface area contributed by atoms with Crippen molar-refractivity contribution >= 4 is 28.6 Å². The van der Waals surface area contributed by atoms with Crippen molar-refractivity contribution in [2.24, 2.45) is 0 Å². The topological polar surface area (TPSA) is 71.3 Å². The van der Waals surface area contributed by atoms with E-state index in [0.717, 1.165) is 25.2 Å². The monoisotopic (exact) mass is 499 g/mol. The normalized spacial score (nSPS) is 15.2. The molecule has 0 radical (unpaired) electrons. The van der Waals surface area contributed by atoms with Crippen molar-refractivity contribution in [3.05, 3.63) is 94.4 Å². The van der Waals surface area contributed by atoms with Gasteiger partial charge in [-0.3, -0.25) is 14.5 Å². The minimum atomic E-state index is -0.394. The quantitative estimate of drug-likeness (QED) is 0.296. The van der Waals surface area contributed by atoms with Crippen LogP contribution in [0.5, 0.6) is 0 Å². The molecule has 0 spiro atoms. The first-order valence-corrected chi connectivity index (χ1v) is 13.0. The predicted molar refractivity (Wildman–Crippen MR) is 143 cm³/mol. The maximum Gasteiger partial charge on any atom is 0.267 e. The van der Waals surface area contributed by atoms with E-state index in [0.29, 0.717) is 35.0 Å². The summed E-state index contributed by atoms with van der Waals surface area (Å²) in [6.07, 6.45) is 1.67. The van der Waals surface area contributed by atoms with Crippen LogP contribution in [-0.4, -0.2) is 61.7 Å². The molecule has 1 aliphatic rings. The number of carbonyl (C=O) groups is 1. The summed E-state index contributed by atoms with van der Waals surface area (Å²) in [5, 5.41) is 0.610. The number of pyridine rings is 1. The number of fused-ring (bicyclic) bond motifs is 1. The summed E-state index contributed by atoms with van der Waals surface area (Å²) in [4.78, 5) is 40.5. The van der Waals surface area contributed by atoms with Gasteiger partial charge in [-0.15, -0.1) is 0 Å². The van der Waals surface area contributed by atoms with Crippen molar-refractivity contribution in [3.8, 4) is 5.82 Å². The fourth-order valence-corrected chi connectivity index (χ4v) is 5.52. The van der Waals surface area contributed by atoms with Crippen LogP contribution in [0, 0.1) is 6.92 Å². The Kier molecular flexibility index (Phi) is 7.16. The van der Waals surface area contributed by atoms with Crippen molar-refractivity contribution in [2.45, 2.75) is 30.8 Å². The van der Waals surface area contributed by atoms with Crippen LogP contribution >= 0.6 is 11.8 Å². The Bertz CT molecular complexity index is 1430. The minimum absolute atomic E-state index is 0.0612. The van der Waals surface area contributed by atoms with Crippen molar-refractivity contribution in [2.75, 3.05) is 26.2 Å². The van der Waals surface area contributed by atoms with Gasteiger partial charge in [0.2, 0.25) is 5.91 Å². The highest BCUT2D eigenvalue weighted by atomic mass is 32.2. The Labute approximate surface area is 214 Å². The zero-order valence-electron chi connectivity index (χ0n) is 20.5. The first kappa shape index (κ1) is 24.2. The molecule has 36 heavy (non-hydrogen) atoms. The average molecular weight is 500 g/mol. The van der Waals surface area contributed by atoms with Crippen molar-refractivity contribution in [1.29, 1.82) is 0 Å². The van der Waals surface area contributed by atoms with Crippen molar-refractivity contribution in [3.63, 3.8) is 0 Å². The zero-order chi connectivity index (χ0) is 25.1. The van der Waals surface area contributed by atoms with Gasteiger partial charge in [0.15, 0.2) is 5.16 Å². The SMILES string of the molecule is Cc1cccnc1-n1c(SC(C)C(=O)N2CCN(Cc3ccccc3)CC2)nc2ccccc2c1=O. The lowest BCUT2D eigenvalue weighted by Crippen LogP contribution is -2.50. The lowest BCUT2D eigenvalue weighted by atomic mass is 10.2. The molecule has 1 atom stereocenters. The molecule has 0 saturated carbocycles. The van der Waals surface area contributed by atoms with E-state index in [1.165, 1.54) is 17.3 Å². The Balaban J connectivity index is 1.35. The van der Waals surface area contributed by atoms with Gasteiger partial charge in [0.1, 0.15) is 5.82 Å². The number of piperazine rings is 1. The van der Waals surface area contributed by atoms with E-state index >= 15 is 0 Å². The molecule has 4 aromatic rings. The van der Waals surface area contributed by atoms with Gasteiger partial charge in [-0.1, -0.05) is 60.3 Å². The lowest BCUT2D eigenvalue weighted by molar-refractivity contribution is -0.132. The molecule has 184 valence electrons. The van der Waals surface area contributed by atoms with E-state index in [2.05, 4.69) is 34.1 Å². The van der Waals surface area contributed by atoms with Crippen LogP contribution in [0.2, 0.25) is 0 Å². The summed E-state index contributed by atoms with van der Waals surface area (Å²) in [5.74, 6) is 0.600. The van der Waals surface area contributed by atoms with E-state index in [1.807, 2.05) is 55.1 Å². The van der Waals surface area contributed by atoms with E-state index in [-0.39, 0.29) is 11.5 Å². The second-order valence-corrected chi connectivity index (χ2v) is 10.4. The molecule has 1 aliphatic heterocycles. The van der Waals surface area contributed by atoms with Gasteiger partial charge in [0.25, 0.3) is 5.56 Å². The Hall–Kier alpha value is -3.49. The molecule has 1 unspecified atom stereocenters. The van der Waals surface area contributed by atoms with Crippen LogP contribution in [0.3, 0.4) is 0 Å². The Morgan fingerprint density at radius 2 is 1.69 bits per heavy atom. The summed E-state index contributed by atoms with van der Waals surface area (Å²) in [6.45, 7) is 7.75. The van der Waals surface area contributed by atoms with Gasteiger partial charge >= 0.3 is 0 Å². The number of aromatic nitrogens is 3. The number of carbonyl (C=O) groups excluding carboxylic acids is 1. The number of hydrogen-bond acceptors (Lipinski definition) is 6. The number of hydrogen-bond donors (Lipinski definition) is 0. The van der Waals surface area contributed by atoms with Crippen LogP contribution in [0.1, 0.15) is 18.1 Å². The molecule has 2 aromatic heterocycles. The molecule has 1 fully saturated rings. The summed E-state index contributed by atoms with van der Waals surface area (Å²) >= 11 is 1.31. The molecule has 1 amide bonds. The van der Waals surface area contributed by atoms with E-state index in [9.17, 15) is 9.59 Å². The van der Waals surface area contributed by atoms with Crippen LogP contribution in [0.15, 0.2) is 82.9 Å². The molecule has 0 bridgehead atoms. The van der Waals surface area contributed by atoms with Crippen LogP contribution in [0.25, 0.3) is 16.7 Å². The summed E-state index contributed by atoms with van der Waals surface area (Å²) in [6, 6.07) is 21.5. The van der Waals surface area contributed by atoms with Crippen molar-refractivity contribution < 1.29 is 4.79 Å². The molecule has 2 aromatic carbocycles. The number of para-hydroxylation sites is 1. The zero-order valence-corrected chi connectivity index (χ0v) is 21.3. The summed E-state index contributed by atoms with van der Waals surface area (Å²) < 4.78 is 1.55. The Morgan fingerprint density at radius 3 is 2.44 bits per heavy atom. The van der Waals surface area contributed by atoms with Gasteiger partial charge in [-0.2, -0.15) is 0 Å². The first-order chi connectivity index (χ1) is 17.5. The van der Waals surface area contributed by atoms with Gasteiger partial charge in [-0.25, -0.2) is 14.5 Å².